The van der Waals surface area contributed by atoms with Gasteiger partial charge in [-0.25, -0.2) is 4.98 Å². The number of nitrogens with zero attached hydrogens (tertiary/aromatic N) is 2. The second kappa shape index (κ2) is 4.63. The Morgan fingerprint density at radius 2 is 2.19 bits per heavy atom. The molecule has 1 heterocycles. The number of pyridine rings is 1. The Labute approximate surface area is 94.3 Å². The lowest BCUT2D eigenvalue weighted by Crippen LogP contribution is -1.98. The molecule has 0 spiro atoms. The molecule has 1 aromatic carbocycles. The largest absolute Gasteiger partial charge is 0.478 e. The third kappa shape index (κ3) is 1.96. The number of nitriles is 1. The summed E-state index contributed by atoms with van der Waals surface area (Å²) in [4.78, 5) is 4.35. The van der Waals surface area contributed by atoms with Crippen molar-refractivity contribution in [3.63, 3.8) is 0 Å². The fourth-order valence-electron chi connectivity index (χ4n) is 1.52. The second-order valence-electron chi connectivity index (χ2n) is 3.49. The van der Waals surface area contributed by atoms with Crippen LogP contribution in [-0.4, -0.2) is 11.6 Å². The van der Waals surface area contributed by atoms with Crippen molar-refractivity contribution >= 4 is 10.9 Å². The molecule has 0 N–H and O–H groups in total. The van der Waals surface area contributed by atoms with Crippen molar-refractivity contribution in [2.45, 2.75) is 13.3 Å². The van der Waals surface area contributed by atoms with Crippen LogP contribution in [0.3, 0.4) is 0 Å². The molecule has 80 valence electrons. The zero-order valence-corrected chi connectivity index (χ0v) is 9.10. The normalized spacial score (nSPS) is 10.0. The quantitative estimate of drug-likeness (QED) is 0.785. The van der Waals surface area contributed by atoms with Gasteiger partial charge in [0, 0.05) is 11.5 Å². The van der Waals surface area contributed by atoms with Crippen molar-refractivity contribution in [1.29, 1.82) is 5.26 Å². The van der Waals surface area contributed by atoms with Crippen LogP contribution in [-0.2, 0) is 0 Å². The maximum atomic E-state index is 9.05. The number of fused-ring (bicyclic) bond motifs is 1. The van der Waals surface area contributed by atoms with Gasteiger partial charge in [0.15, 0.2) is 0 Å². The molecule has 0 amide bonds. The van der Waals surface area contributed by atoms with E-state index in [4.69, 9.17) is 10.00 Å². The molecule has 3 nitrogen and oxygen atoms in total. The molecule has 2 rings (SSSR count). The van der Waals surface area contributed by atoms with E-state index in [0.717, 1.165) is 17.3 Å². The minimum absolute atomic E-state index is 0.525. The summed E-state index contributed by atoms with van der Waals surface area (Å²) in [7, 11) is 0. The van der Waals surface area contributed by atoms with E-state index in [1.54, 1.807) is 6.07 Å². The second-order valence-corrected chi connectivity index (χ2v) is 3.49. The van der Waals surface area contributed by atoms with Crippen molar-refractivity contribution in [3.8, 4) is 11.9 Å². The first kappa shape index (κ1) is 10.4. The fourth-order valence-corrected chi connectivity index (χ4v) is 1.52. The lowest BCUT2D eigenvalue weighted by Gasteiger charge is -2.06. The Balaban J connectivity index is 2.51. The van der Waals surface area contributed by atoms with Crippen LogP contribution in [0.1, 0.15) is 18.9 Å². The first-order chi connectivity index (χ1) is 7.85. The molecular formula is C13H12N2O. The van der Waals surface area contributed by atoms with Crippen LogP contribution >= 0.6 is 0 Å². The topological polar surface area (TPSA) is 45.9 Å². The maximum absolute atomic E-state index is 9.05. The number of rotatable bonds is 3. The van der Waals surface area contributed by atoms with Crippen LogP contribution in [0.4, 0.5) is 0 Å². The number of ether oxygens (including phenoxy) is 1. The van der Waals surface area contributed by atoms with Gasteiger partial charge in [-0.2, -0.15) is 5.26 Å². The SMILES string of the molecule is CCCOc1cc(C#N)c2ccccc2n1. The summed E-state index contributed by atoms with van der Waals surface area (Å²) in [5.41, 5.74) is 1.41. The Morgan fingerprint density at radius 1 is 1.38 bits per heavy atom. The van der Waals surface area contributed by atoms with Crippen molar-refractivity contribution in [3.05, 3.63) is 35.9 Å². The van der Waals surface area contributed by atoms with Gasteiger partial charge in [0.1, 0.15) is 6.07 Å². The van der Waals surface area contributed by atoms with E-state index < -0.39 is 0 Å². The van der Waals surface area contributed by atoms with Crippen molar-refractivity contribution in [2.75, 3.05) is 6.61 Å². The molecule has 1 aromatic heterocycles. The molecule has 0 aliphatic rings. The average Bonchev–Trinajstić information content (AvgIpc) is 2.35. The smallest absolute Gasteiger partial charge is 0.215 e. The molecule has 0 aliphatic carbocycles. The van der Waals surface area contributed by atoms with Crippen LogP contribution in [0.5, 0.6) is 5.88 Å². The van der Waals surface area contributed by atoms with Gasteiger partial charge < -0.3 is 4.74 Å². The highest BCUT2D eigenvalue weighted by atomic mass is 16.5. The molecule has 0 unspecified atom stereocenters. The molecule has 0 saturated carbocycles. The molecule has 0 radical (unpaired) electrons. The summed E-state index contributed by atoms with van der Waals surface area (Å²) >= 11 is 0. The highest BCUT2D eigenvalue weighted by molar-refractivity contribution is 5.85. The van der Waals surface area contributed by atoms with Crippen LogP contribution in [0.25, 0.3) is 10.9 Å². The van der Waals surface area contributed by atoms with Gasteiger partial charge in [-0.15, -0.1) is 0 Å². The number of benzene rings is 1. The summed E-state index contributed by atoms with van der Waals surface area (Å²) in [5.74, 6) is 0.525. The van der Waals surface area contributed by atoms with Gasteiger partial charge in [-0.05, 0) is 12.5 Å². The van der Waals surface area contributed by atoms with E-state index in [2.05, 4.69) is 11.1 Å². The molecule has 3 heteroatoms. The lowest BCUT2D eigenvalue weighted by atomic mass is 10.1. The number of para-hydroxylation sites is 1. The molecule has 16 heavy (non-hydrogen) atoms. The van der Waals surface area contributed by atoms with Gasteiger partial charge >= 0.3 is 0 Å². The van der Waals surface area contributed by atoms with Gasteiger partial charge in [0.05, 0.1) is 17.7 Å². The Morgan fingerprint density at radius 3 is 2.94 bits per heavy atom. The Hall–Kier alpha value is -2.08. The van der Waals surface area contributed by atoms with E-state index in [-0.39, 0.29) is 0 Å². The summed E-state index contributed by atoms with van der Waals surface area (Å²) in [6.07, 6.45) is 0.927. The highest BCUT2D eigenvalue weighted by Crippen LogP contribution is 2.21. The third-order valence-electron chi connectivity index (χ3n) is 2.27. The molecule has 0 fully saturated rings. The van der Waals surface area contributed by atoms with E-state index in [9.17, 15) is 0 Å². The standard InChI is InChI=1S/C13H12N2O/c1-2-7-16-13-8-10(9-14)11-5-3-4-6-12(11)15-13/h3-6,8H,2,7H2,1H3. The van der Waals surface area contributed by atoms with E-state index in [1.807, 2.05) is 31.2 Å². The average molecular weight is 212 g/mol. The van der Waals surface area contributed by atoms with Crippen molar-refractivity contribution < 1.29 is 4.74 Å². The predicted octanol–water partition coefficient (Wildman–Crippen LogP) is 2.90. The van der Waals surface area contributed by atoms with Crippen molar-refractivity contribution in [2.24, 2.45) is 0 Å². The van der Waals surface area contributed by atoms with Gasteiger partial charge in [-0.3, -0.25) is 0 Å². The van der Waals surface area contributed by atoms with Crippen LogP contribution in [0.15, 0.2) is 30.3 Å². The molecule has 0 aliphatic heterocycles. The third-order valence-corrected chi connectivity index (χ3v) is 2.27. The maximum Gasteiger partial charge on any atom is 0.215 e. The molecule has 2 aromatic rings. The molecule has 0 atom stereocenters. The number of hydrogen-bond acceptors (Lipinski definition) is 3. The molecular weight excluding hydrogens is 200 g/mol. The van der Waals surface area contributed by atoms with E-state index >= 15 is 0 Å². The van der Waals surface area contributed by atoms with Gasteiger partial charge in [-0.1, -0.05) is 25.1 Å². The van der Waals surface area contributed by atoms with Crippen LogP contribution < -0.4 is 4.74 Å². The minimum atomic E-state index is 0.525. The first-order valence-electron chi connectivity index (χ1n) is 5.28. The monoisotopic (exact) mass is 212 g/mol. The number of hydrogen-bond donors (Lipinski definition) is 0. The fraction of sp³-hybridized carbons (Fsp3) is 0.231. The minimum Gasteiger partial charge on any atom is -0.478 e. The first-order valence-corrected chi connectivity index (χ1v) is 5.28. The van der Waals surface area contributed by atoms with E-state index in [0.29, 0.717) is 18.1 Å². The number of aromatic nitrogens is 1. The van der Waals surface area contributed by atoms with Gasteiger partial charge in [0.25, 0.3) is 0 Å². The Kier molecular flexibility index (Phi) is 3.02. The highest BCUT2D eigenvalue weighted by Gasteiger charge is 2.05. The molecule has 0 bridgehead atoms. The molecule has 0 saturated heterocycles. The summed E-state index contributed by atoms with van der Waals surface area (Å²) < 4.78 is 5.44. The summed E-state index contributed by atoms with van der Waals surface area (Å²) in [6, 6.07) is 11.4. The van der Waals surface area contributed by atoms with Crippen LogP contribution in [0, 0.1) is 11.3 Å². The van der Waals surface area contributed by atoms with E-state index in [1.165, 1.54) is 0 Å². The zero-order valence-electron chi connectivity index (χ0n) is 9.10. The predicted molar refractivity (Wildman–Crippen MR) is 62.2 cm³/mol. The van der Waals surface area contributed by atoms with Gasteiger partial charge in [0.2, 0.25) is 5.88 Å². The lowest BCUT2D eigenvalue weighted by molar-refractivity contribution is 0.306. The Bertz CT molecular complexity index is 543. The zero-order chi connectivity index (χ0) is 11.4. The summed E-state index contributed by atoms with van der Waals surface area (Å²) in [6.45, 7) is 2.66. The van der Waals surface area contributed by atoms with Crippen LogP contribution in [0.2, 0.25) is 0 Å². The van der Waals surface area contributed by atoms with Crippen molar-refractivity contribution in [1.82, 2.24) is 4.98 Å². The summed E-state index contributed by atoms with van der Waals surface area (Å²) in [5, 5.41) is 9.92.